The molecule has 2 rings (SSSR count). The molecule has 1 N–H and O–H groups in total. The molecule has 1 fully saturated rings. The fourth-order valence-electron chi connectivity index (χ4n) is 2.35. The second kappa shape index (κ2) is 5.97. The summed E-state index contributed by atoms with van der Waals surface area (Å²) in [4.78, 5) is 28.9. The molecule has 1 aromatic heterocycles. The number of carbonyl (C=O) groups excluding carboxylic acids is 1. The van der Waals surface area contributed by atoms with Crippen LogP contribution in [0, 0.1) is 5.92 Å². The SMILES string of the molecule is CC1CCN(C(=O)c2ccc(Cl)nc2Cl)C(C(=O)O)C1. The largest absolute Gasteiger partial charge is 0.480 e. The molecule has 1 aromatic rings. The molecule has 1 saturated heterocycles. The number of rotatable bonds is 2. The standard InChI is InChI=1S/C13H14Cl2N2O3/c1-7-4-5-17(9(6-7)13(19)20)12(18)8-2-3-10(14)16-11(8)15/h2-3,7,9H,4-6H2,1H3,(H,19,20). The lowest BCUT2D eigenvalue weighted by Gasteiger charge is -2.36. The van der Waals surface area contributed by atoms with Crippen LogP contribution >= 0.6 is 23.2 Å². The van der Waals surface area contributed by atoms with E-state index in [9.17, 15) is 14.7 Å². The number of carboxylic acid groups (broad SMARTS) is 1. The highest BCUT2D eigenvalue weighted by Crippen LogP contribution is 2.26. The molecule has 2 atom stereocenters. The van der Waals surface area contributed by atoms with Gasteiger partial charge in [-0.2, -0.15) is 0 Å². The first kappa shape index (κ1) is 15.1. The number of piperidine rings is 1. The molecule has 2 heterocycles. The van der Waals surface area contributed by atoms with E-state index in [0.29, 0.717) is 13.0 Å². The number of likely N-dealkylation sites (tertiary alicyclic amines) is 1. The summed E-state index contributed by atoms with van der Waals surface area (Å²) in [5, 5.41) is 9.45. The van der Waals surface area contributed by atoms with Gasteiger partial charge >= 0.3 is 5.97 Å². The first-order chi connectivity index (χ1) is 9.40. The van der Waals surface area contributed by atoms with Gasteiger partial charge in [0.05, 0.1) is 5.56 Å². The molecular formula is C13H14Cl2N2O3. The van der Waals surface area contributed by atoms with Gasteiger partial charge in [-0.05, 0) is 30.9 Å². The van der Waals surface area contributed by atoms with Crippen molar-refractivity contribution in [1.29, 1.82) is 0 Å². The van der Waals surface area contributed by atoms with Crippen LogP contribution < -0.4 is 0 Å². The predicted octanol–water partition coefficient (Wildman–Crippen LogP) is 2.71. The second-order valence-electron chi connectivity index (χ2n) is 4.95. The van der Waals surface area contributed by atoms with E-state index in [1.165, 1.54) is 17.0 Å². The van der Waals surface area contributed by atoms with E-state index >= 15 is 0 Å². The van der Waals surface area contributed by atoms with Gasteiger partial charge in [-0.1, -0.05) is 30.1 Å². The van der Waals surface area contributed by atoms with Crippen molar-refractivity contribution in [1.82, 2.24) is 9.88 Å². The molecule has 2 unspecified atom stereocenters. The summed E-state index contributed by atoms with van der Waals surface area (Å²) in [6.45, 7) is 2.38. The van der Waals surface area contributed by atoms with E-state index in [0.717, 1.165) is 6.42 Å². The number of carbonyl (C=O) groups is 2. The highest BCUT2D eigenvalue weighted by Gasteiger charge is 2.35. The first-order valence-electron chi connectivity index (χ1n) is 6.26. The van der Waals surface area contributed by atoms with E-state index in [4.69, 9.17) is 23.2 Å². The van der Waals surface area contributed by atoms with Crippen LogP contribution in [0.25, 0.3) is 0 Å². The van der Waals surface area contributed by atoms with Crippen LogP contribution in [0.2, 0.25) is 10.3 Å². The van der Waals surface area contributed by atoms with Crippen molar-refractivity contribution in [3.63, 3.8) is 0 Å². The third-order valence-corrected chi connectivity index (χ3v) is 3.95. The molecule has 0 spiro atoms. The number of hydrogen-bond donors (Lipinski definition) is 1. The number of aromatic nitrogens is 1. The molecule has 0 aromatic carbocycles. The molecule has 7 heteroatoms. The fourth-order valence-corrected chi connectivity index (χ4v) is 2.77. The van der Waals surface area contributed by atoms with Gasteiger partial charge in [0.2, 0.25) is 0 Å². The zero-order valence-corrected chi connectivity index (χ0v) is 12.4. The highest BCUT2D eigenvalue weighted by molar-refractivity contribution is 6.34. The van der Waals surface area contributed by atoms with Crippen molar-refractivity contribution in [3.8, 4) is 0 Å². The molecule has 1 aliphatic heterocycles. The van der Waals surface area contributed by atoms with Gasteiger partial charge in [-0.15, -0.1) is 0 Å². The Morgan fingerprint density at radius 1 is 1.40 bits per heavy atom. The van der Waals surface area contributed by atoms with Crippen LogP contribution in [-0.2, 0) is 4.79 Å². The fraction of sp³-hybridized carbons (Fsp3) is 0.462. The normalized spacial score (nSPS) is 22.6. The van der Waals surface area contributed by atoms with Gasteiger partial charge in [0.15, 0.2) is 0 Å². The van der Waals surface area contributed by atoms with Crippen LogP contribution in [0.4, 0.5) is 0 Å². The minimum Gasteiger partial charge on any atom is -0.480 e. The van der Waals surface area contributed by atoms with E-state index in [1.807, 2.05) is 6.92 Å². The van der Waals surface area contributed by atoms with Crippen LogP contribution in [0.5, 0.6) is 0 Å². The number of aliphatic carboxylic acids is 1. The Morgan fingerprint density at radius 3 is 2.70 bits per heavy atom. The van der Waals surface area contributed by atoms with Gasteiger partial charge in [0, 0.05) is 6.54 Å². The van der Waals surface area contributed by atoms with E-state index in [2.05, 4.69) is 4.98 Å². The van der Waals surface area contributed by atoms with Gasteiger partial charge in [0.25, 0.3) is 5.91 Å². The molecule has 0 saturated carbocycles. The van der Waals surface area contributed by atoms with Crippen molar-refractivity contribution in [3.05, 3.63) is 28.0 Å². The van der Waals surface area contributed by atoms with Crippen LogP contribution in [0.15, 0.2) is 12.1 Å². The van der Waals surface area contributed by atoms with Crippen molar-refractivity contribution in [2.24, 2.45) is 5.92 Å². The topological polar surface area (TPSA) is 70.5 Å². The average molecular weight is 317 g/mol. The van der Waals surface area contributed by atoms with E-state index in [-0.39, 0.29) is 21.8 Å². The predicted molar refractivity (Wildman–Crippen MR) is 75.1 cm³/mol. The molecule has 5 nitrogen and oxygen atoms in total. The highest BCUT2D eigenvalue weighted by atomic mass is 35.5. The minimum absolute atomic E-state index is 0.00902. The Bertz CT molecular complexity index is 550. The second-order valence-corrected chi connectivity index (χ2v) is 5.70. The number of nitrogens with zero attached hydrogens (tertiary/aromatic N) is 2. The summed E-state index contributed by atoms with van der Waals surface area (Å²) in [5.41, 5.74) is 0.178. The Balaban J connectivity index is 2.28. The van der Waals surface area contributed by atoms with Gasteiger partial charge in [-0.25, -0.2) is 9.78 Å². The molecule has 0 bridgehead atoms. The Morgan fingerprint density at radius 2 is 2.10 bits per heavy atom. The molecular weight excluding hydrogens is 303 g/mol. The Labute approximate surface area is 126 Å². The third kappa shape index (κ3) is 3.04. The van der Waals surface area contributed by atoms with Gasteiger partial charge < -0.3 is 10.0 Å². The lowest BCUT2D eigenvalue weighted by molar-refractivity contribution is -0.144. The number of amides is 1. The lowest BCUT2D eigenvalue weighted by Crippen LogP contribution is -2.49. The maximum Gasteiger partial charge on any atom is 0.326 e. The number of hydrogen-bond acceptors (Lipinski definition) is 3. The average Bonchev–Trinajstić information content (AvgIpc) is 2.37. The summed E-state index contributed by atoms with van der Waals surface area (Å²) >= 11 is 11.6. The zero-order chi connectivity index (χ0) is 14.9. The van der Waals surface area contributed by atoms with Crippen molar-refractivity contribution in [2.45, 2.75) is 25.8 Å². The van der Waals surface area contributed by atoms with Crippen LogP contribution in [0.1, 0.15) is 30.1 Å². The smallest absolute Gasteiger partial charge is 0.326 e. The summed E-state index contributed by atoms with van der Waals surface area (Å²) < 4.78 is 0. The maximum absolute atomic E-state index is 12.4. The van der Waals surface area contributed by atoms with E-state index < -0.39 is 17.9 Å². The minimum atomic E-state index is -0.997. The molecule has 108 valence electrons. The number of pyridine rings is 1. The summed E-state index contributed by atoms with van der Waals surface area (Å²) in [5.74, 6) is -1.14. The Kier molecular flexibility index (Phi) is 4.50. The molecule has 1 amide bonds. The monoisotopic (exact) mass is 316 g/mol. The van der Waals surface area contributed by atoms with Crippen LogP contribution in [0.3, 0.4) is 0 Å². The van der Waals surface area contributed by atoms with Gasteiger partial charge in [-0.3, -0.25) is 4.79 Å². The molecule has 0 aliphatic carbocycles. The summed E-state index contributed by atoms with van der Waals surface area (Å²) in [7, 11) is 0. The van der Waals surface area contributed by atoms with Crippen LogP contribution in [-0.4, -0.2) is 39.5 Å². The summed E-state index contributed by atoms with van der Waals surface area (Å²) in [6, 6.07) is 2.11. The third-order valence-electron chi connectivity index (χ3n) is 3.46. The number of halogens is 2. The maximum atomic E-state index is 12.4. The molecule has 0 radical (unpaired) electrons. The van der Waals surface area contributed by atoms with Crippen molar-refractivity contribution >= 4 is 35.1 Å². The van der Waals surface area contributed by atoms with Crippen molar-refractivity contribution < 1.29 is 14.7 Å². The number of carboxylic acids is 1. The molecule has 1 aliphatic rings. The first-order valence-corrected chi connectivity index (χ1v) is 7.01. The Hall–Kier alpha value is -1.33. The zero-order valence-electron chi connectivity index (χ0n) is 10.8. The quantitative estimate of drug-likeness (QED) is 0.852. The van der Waals surface area contributed by atoms with Crippen molar-refractivity contribution in [2.75, 3.05) is 6.54 Å². The molecule has 20 heavy (non-hydrogen) atoms. The van der Waals surface area contributed by atoms with E-state index in [1.54, 1.807) is 0 Å². The lowest BCUT2D eigenvalue weighted by atomic mass is 9.92. The van der Waals surface area contributed by atoms with Gasteiger partial charge in [0.1, 0.15) is 16.3 Å². The summed E-state index contributed by atoms with van der Waals surface area (Å²) in [6.07, 6.45) is 1.22.